The molecule has 9 nitrogen and oxygen atoms in total. The Balaban J connectivity index is 2.04. The first-order chi connectivity index (χ1) is 13.2. The molecule has 28 heavy (non-hydrogen) atoms. The molecule has 0 spiro atoms. The van der Waals surface area contributed by atoms with E-state index in [-0.39, 0.29) is 17.5 Å². The van der Waals surface area contributed by atoms with Crippen LogP contribution in [0.5, 0.6) is 5.75 Å². The number of carbonyl (C=O) groups is 1. The van der Waals surface area contributed by atoms with Gasteiger partial charge in [0, 0.05) is 0 Å². The van der Waals surface area contributed by atoms with Crippen molar-refractivity contribution >= 4 is 33.0 Å². The monoisotopic (exact) mass is 404 g/mol. The van der Waals surface area contributed by atoms with Gasteiger partial charge < -0.3 is 19.8 Å². The number of esters is 1. The lowest BCUT2D eigenvalue weighted by molar-refractivity contribution is 0.0526. The summed E-state index contributed by atoms with van der Waals surface area (Å²) < 4.78 is 35.0. The van der Waals surface area contributed by atoms with Crippen molar-refractivity contribution in [3.05, 3.63) is 47.5 Å². The second kappa shape index (κ2) is 7.49. The van der Waals surface area contributed by atoms with Crippen molar-refractivity contribution in [3.8, 4) is 5.75 Å². The fraction of sp³-hybridized carbons (Fsp3) is 0.222. The summed E-state index contributed by atoms with van der Waals surface area (Å²) in [6, 6.07) is 9.30. The zero-order valence-electron chi connectivity index (χ0n) is 15.4. The summed E-state index contributed by atoms with van der Waals surface area (Å²) in [5.74, 6) is 0.171. The Morgan fingerprint density at radius 1 is 1.21 bits per heavy atom. The molecule has 1 heterocycles. The quantitative estimate of drug-likeness (QED) is 0.593. The highest BCUT2D eigenvalue weighted by atomic mass is 32.2. The van der Waals surface area contributed by atoms with Crippen LogP contribution in [0.4, 0.5) is 5.95 Å². The number of imidazole rings is 1. The second-order valence-corrected chi connectivity index (χ2v) is 7.57. The molecule has 0 bridgehead atoms. The van der Waals surface area contributed by atoms with E-state index in [1.54, 1.807) is 35.8 Å². The Kier molecular flexibility index (Phi) is 5.25. The maximum absolute atomic E-state index is 12.0. The van der Waals surface area contributed by atoms with Gasteiger partial charge in [0.2, 0.25) is 16.0 Å². The summed E-state index contributed by atoms with van der Waals surface area (Å²) in [6.45, 7) is 2.30. The number of hydrogen-bond acceptors (Lipinski definition) is 7. The normalized spacial score (nSPS) is 11.5. The molecule has 3 rings (SSSR count). The van der Waals surface area contributed by atoms with Crippen molar-refractivity contribution in [2.75, 3.05) is 19.5 Å². The first-order valence-corrected chi connectivity index (χ1v) is 9.91. The van der Waals surface area contributed by atoms with Crippen molar-refractivity contribution in [2.45, 2.75) is 18.4 Å². The number of ether oxygens (including phenoxy) is 2. The van der Waals surface area contributed by atoms with Crippen LogP contribution in [0.15, 0.2) is 41.3 Å². The Bertz CT molecular complexity index is 1140. The van der Waals surface area contributed by atoms with E-state index in [0.717, 1.165) is 5.56 Å². The van der Waals surface area contributed by atoms with Crippen LogP contribution in [0.25, 0.3) is 11.0 Å². The number of anilines is 1. The zero-order valence-corrected chi connectivity index (χ0v) is 16.2. The Morgan fingerprint density at radius 2 is 1.89 bits per heavy atom. The molecule has 4 N–H and O–H groups in total. The van der Waals surface area contributed by atoms with E-state index in [9.17, 15) is 13.2 Å². The van der Waals surface area contributed by atoms with Crippen LogP contribution < -0.4 is 15.6 Å². The van der Waals surface area contributed by atoms with Gasteiger partial charge in [0.1, 0.15) is 11.3 Å². The summed E-state index contributed by atoms with van der Waals surface area (Å²) in [4.78, 5) is 16.4. The van der Waals surface area contributed by atoms with E-state index in [1.807, 2.05) is 0 Å². The van der Waals surface area contributed by atoms with Crippen molar-refractivity contribution in [1.29, 1.82) is 0 Å². The van der Waals surface area contributed by atoms with Crippen LogP contribution >= 0.6 is 0 Å². The van der Waals surface area contributed by atoms with Gasteiger partial charge in [-0.25, -0.2) is 23.3 Å². The highest BCUT2D eigenvalue weighted by Gasteiger charge is 2.18. The number of methoxy groups -OCH3 is 1. The number of aromatic nitrogens is 2. The van der Waals surface area contributed by atoms with E-state index in [1.165, 1.54) is 19.2 Å². The average molecular weight is 404 g/mol. The molecular formula is C18H20N4O5S. The number of nitrogen functional groups attached to an aromatic ring is 1. The minimum atomic E-state index is -3.76. The van der Waals surface area contributed by atoms with Gasteiger partial charge >= 0.3 is 5.97 Å². The van der Waals surface area contributed by atoms with E-state index < -0.39 is 16.0 Å². The minimum absolute atomic E-state index is 0.0244. The van der Waals surface area contributed by atoms with E-state index in [0.29, 0.717) is 28.9 Å². The van der Waals surface area contributed by atoms with Crippen LogP contribution in [0, 0.1) is 0 Å². The van der Waals surface area contributed by atoms with Gasteiger partial charge in [-0.2, -0.15) is 0 Å². The van der Waals surface area contributed by atoms with E-state index >= 15 is 0 Å². The number of carbonyl (C=O) groups excluding carboxylic acids is 1. The predicted octanol–water partition coefficient (Wildman–Crippen LogP) is 1.50. The third-order valence-electron chi connectivity index (χ3n) is 4.16. The average Bonchev–Trinajstić information content (AvgIpc) is 2.96. The maximum Gasteiger partial charge on any atom is 0.338 e. The van der Waals surface area contributed by atoms with Gasteiger partial charge in [-0.05, 0) is 36.8 Å². The van der Waals surface area contributed by atoms with Crippen LogP contribution in [-0.2, 0) is 21.3 Å². The maximum atomic E-state index is 12.0. The molecule has 10 heteroatoms. The SMILES string of the molecule is CCOC(=O)c1cc(OC)c2c(c1)nc(N)n2Cc1ccc(S(N)(=O)=O)cc1. The third kappa shape index (κ3) is 3.78. The van der Waals surface area contributed by atoms with Crippen LogP contribution in [-0.4, -0.2) is 37.7 Å². The molecule has 0 unspecified atom stereocenters. The minimum Gasteiger partial charge on any atom is -0.494 e. The lowest BCUT2D eigenvalue weighted by Crippen LogP contribution is -2.12. The Hall–Kier alpha value is -3.11. The highest BCUT2D eigenvalue weighted by Crippen LogP contribution is 2.30. The summed E-state index contributed by atoms with van der Waals surface area (Å²) in [5.41, 5.74) is 8.27. The summed E-state index contributed by atoms with van der Waals surface area (Å²) in [7, 11) is -2.28. The third-order valence-corrected chi connectivity index (χ3v) is 5.09. The summed E-state index contributed by atoms with van der Waals surface area (Å²) in [6.07, 6.45) is 0. The van der Waals surface area contributed by atoms with Gasteiger partial charge in [-0.3, -0.25) is 0 Å². The van der Waals surface area contributed by atoms with Crippen molar-refractivity contribution in [3.63, 3.8) is 0 Å². The molecule has 0 aliphatic carbocycles. The first kappa shape index (κ1) is 19.6. The molecule has 1 aromatic heterocycles. The second-order valence-electron chi connectivity index (χ2n) is 6.01. The van der Waals surface area contributed by atoms with Gasteiger partial charge in [0.25, 0.3) is 0 Å². The Morgan fingerprint density at radius 3 is 2.46 bits per heavy atom. The summed E-state index contributed by atoms with van der Waals surface area (Å²) in [5, 5.41) is 5.12. The number of nitrogens with two attached hydrogens (primary N) is 2. The van der Waals surface area contributed by atoms with Crippen LogP contribution in [0.3, 0.4) is 0 Å². The molecule has 0 amide bonds. The number of primary sulfonamides is 1. The largest absolute Gasteiger partial charge is 0.494 e. The molecule has 3 aromatic rings. The van der Waals surface area contributed by atoms with Gasteiger partial charge in [0.15, 0.2) is 0 Å². The molecular weight excluding hydrogens is 384 g/mol. The smallest absolute Gasteiger partial charge is 0.338 e. The van der Waals surface area contributed by atoms with E-state index in [4.69, 9.17) is 20.3 Å². The topological polar surface area (TPSA) is 140 Å². The number of benzene rings is 2. The molecule has 0 saturated heterocycles. The Labute approximate surface area is 161 Å². The number of fused-ring (bicyclic) bond motifs is 1. The van der Waals surface area contributed by atoms with Crippen molar-refractivity contribution in [1.82, 2.24) is 9.55 Å². The van der Waals surface area contributed by atoms with Gasteiger partial charge in [-0.15, -0.1) is 0 Å². The number of hydrogen-bond donors (Lipinski definition) is 2. The number of sulfonamides is 1. The molecule has 0 atom stereocenters. The number of nitrogens with zero attached hydrogens (tertiary/aromatic N) is 2. The van der Waals surface area contributed by atoms with E-state index in [2.05, 4.69) is 4.98 Å². The summed E-state index contributed by atoms with van der Waals surface area (Å²) >= 11 is 0. The lowest BCUT2D eigenvalue weighted by Gasteiger charge is -2.11. The fourth-order valence-corrected chi connectivity index (χ4v) is 3.38. The standard InChI is InChI=1S/C18H20N4O5S/c1-3-27-17(23)12-8-14-16(15(9-12)26-2)22(18(19)21-14)10-11-4-6-13(7-5-11)28(20,24)25/h4-9H,3,10H2,1-2H3,(H2,19,21)(H2,20,24,25). The molecule has 148 valence electrons. The molecule has 2 aromatic carbocycles. The van der Waals surface area contributed by atoms with Crippen molar-refractivity contribution in [2.24, 2.45) is 5.14 Å². The highest BCUT2D eigenvalue weighted by molar-refractivity contribution is 7.89. The predicted molar refractivity (Wildman–Crippen MR) is 104 cm³/mol. The molecule has 0 radical (unpaired) electrons. The van der Waals surface area contributed by atoms with Gasteiger partial charge in [0.05, 0.1) is 36.2 Å². The molecule has 0 aliphatic rings. The van der Waals surface area contributed by atoms with Crippen LogP contribution in [0.2, 0.25) is 0 Å². The molecule has 0 fully saturated rings. The molecule has 0 aliphatic heterocycles. The van der Waals surface area contributed by atoms with Crippen LogP contribution in [0.1, 0.15) is 22.8 Å². The van der Waals surface area contributed by atoms with Gasteiger partial charge in [-0.1, -0.05) is 12.1 Å². The zero-order chi connectivity index (χ0) is 20.5. The first-order valence-electron chi connectivity index (χ1n) is 8.37. The lowest BCUT2D eigenvalue weighted by atomic mass is 10.1. The fourth-order valence-electron chi connectivity index (χ4n) is 2.86. The molecule has 0 saturated carbocycles. The number of rotatable bonds is 6. The van der Waals surface area contributed by atoms with Crippen molar-refractivity contribution < 1.29 is 22.7 Å².